The summed E-state index contributed by atoms with van der Waals surface area (Å²) in [7, 11) is 3.35. The van der Waals surface area contributed by atoms with E-state index >= 15 is 0 Å². The van der Waals surface area contributed by atoms with Crippen molar-refractivity contribution in [3.05, 3.63) is 107 Å². The third-order valence-electron chi connectivity index (χ3n) is 6.79. The number of fused-ring (bicyclic) bond motifs is 1. The van der Waals surface area contributed by atoms with Crippen molar-refractivity contribution in [2.24, 2.45) is 0 Å². The van der Waals surface area contributed by atoms with Crippen LogP contribution in [-0.4, -0.2) is 25.1 Å². The molecular formula is C32H30N2O3. The zero-order valence-electron chi connectivity index (χ0n) is 21.2. The van der Waals surface area contributed by atoms with Crippen molar-refractivity contribution in [3.63, 3.8) is 0 Å². The van der Waals surface area contributed by atoms with Crippen LogP contribution in [0.2, 0.25) is 0 Å². The van der Waals surface area contributed by atoms with E-state index in [2.05, 4.69) is 59.4 Å². The highest BCUT2D eigenvalue weighted by atomic mass is 16.5. The van der Waals surface area contributed by atoms with Gasteiger partial charge < -0.3 is 14.4 Å². The average Bonchev–Trinajstić information content (AvgIpc) is 2.97. The smallest absolute Gasteiger partial charge is 0.130 e. The summed E-state index contributed by atoms with van der Waals surface area (Å²) in [5.74, 6) is 4.66. The lowest BCUT2D eigenvalue weighted by Crippen LogP contribution is -2.23. The molecule has 1 aliphatic rings. The number of pyridine rings is 1. The Kier molecular flexibility index (Phi) is 7.34. The molecule has 1 aromatic heterocycles. The molecule has 0 radical (unpaired) electrons. The lowest BCUT2D eigenvalue weighted by atomic mass is 9.91. The Morgan fingerprint density at radius 1 is 0.838 bits per heavy atom. The zero-order chi connectivity index (χ0) is 25.6. The minimum Gasteiger partial charge on any atom is -0.497 e. The summed E-state index contributed by atoms with van der Waals surface area (Å²) in [4.78, 5) is 18.9. The van der Waals surface area contributed by atoms with Gasteiger partial charge in [-0.15, -0.1) is 0 Å². The Bertz CT molecular complexity index is 1420. The van der Waals surface area contributed by atoms with Gasteiger partial charge in [0.25, 0.3) is 0 Å². The molecule has 37 heavy (non-hydrogen) atoms. The van der Waals surface area contributed by atoms with Gasteiger partial charge in [0.05, 0.1) is 19.9 Å². The van der Waals surface area contributed by atoms with Crippen molar-refractivity contribution in [2.45, 2.75) is 32.4 Å². The van der Waals surface area contributed by atoms with E-state index in [1.54, 1.807) is 14.2 Å². The second-order valence-corrected chi connectivity index (χ2v) is 9.25. The van der Waals surface area contributed by atoms with Crippen molar-refractivity contribution in [1.29, 1.82) is 0 Å². The van der Waals surface area contributed by atoms with Crippen LogP contribution in [-0.2, 0) is 17.9 Å². The van der Waals surface area contributed by atoms with Crippen LogP contribution in [0, 0.1) is 0 Å². The highest BCUT2D eigenvalue weighted by molar-refractivity contribution is 5.95. The first-order valence-corrected chi connectivity index (χ1v) is 12.5. The molecule has 0 bridgehead atoms. The van der Waals surface area contributed by atoms with Crippen LogP contribution in [0.5, 0.6) is 11.5 Å². The van der Waals surface area contributed by atoms with Crippen LogP contribution in [0.3, 0.4) is 0 Å². The van der Waals surface area contributed by atoms with Gasteiger partial charge in [-0.05, 0) is 77.8 Å². The number of allylic oxidation sites excluding steroid dienone is 3. The van der Waals surface area contributed by atoms with Crippen LogP contribution < -0.4 is 14.4 Å². The molecule has 1 aliphatic carbocycles. The molecule has 5 nitrogen and oxygen atoms in total. The van der Waals surface area contributed by atoms with E-state index in [4.69, 9.17) is 14.5 Å². The van der Waals surface area contributed by atoms with Gasteiger partial charge in [-0.1, -0.05) is 48.5 Å². The molecule has 1 heterocycles. The largest absolute Gasteiger partial charge is 0.497 e. The molecule has 0 aliphatic heterocycles. The summed E-state index contributed by atoms with van der Waals surface area (Å²) in [6, 6.07) is 26.8. The van der Waals surface area contributed by atoms with Crippen molar-refractivity contribution in [3.8, 4) is 11.5 Å². The molecule has 3 aromatic carbocycles. The van der Waals surface area contributed by atoms with Gasteiger partial charge in [0, 0.05) is 24.0 Å². The van der Waals surface area contributed by atoms with Crippen molar-refractivity contribution in [1.82, 2.24) is 4.98 Å². The van der Waals surface area contributed by atoms with E-state index in [0.717, 1.165) is 69.7 Å². The first-order chi connectivity index (χ1) is 18.2. The third-order valence-corrected chi connectivity index (χ3v) is 6.79. The van der Waals surface area contributed by atoms with E-state index in [1.807, 2.05) is 36.4 Å². The number of rotatable bonds is 8. The normalized spacial score (nSPS) is 13.1. The van der Waals surface area contributed by atoms with Crippen LogP contribution in [0.25, 0.3) is 16.3 Å². The fourth-order valence-electron chi connectivity index (χ4n) is 4.80. The summed E-state index contributed by atoms with van der Waals surface area (Å²) < 4.78 is 10.7. The third kappa shape index (κ3) is 5.58. The summed E-state index contributed by atoms with van der Waals surface area (Å²) in [5.41, 5.74) is 5.07. The van der Waals surface area contributed by atoms with Crippen LogP contribution >= 0.6 is 0 Å². The number of carbonyl (C=O) groups excluding carboxylic acids is 1. The minimum atomic E-state index is 0.680. The molecule has 0 fully saturated rings. The number of anilines is 1. The Hall–Kier alpha value is -4.34. The SMILES string of the molecule is COc1ccc(CN(Cc2ccc(OC)cc2)c2cc3ccccc3c(C3=CC(=C=O)CCC3)n2)cc1. The monoisotopic (exact) mass is 490 g/mol. The Labute approximate surface area is 217 Å². The summed E-state index contributed by atoms with van der Waals surface area (Å²) in [6.07, 6.45) is 4.57. The van der Waals surface area contributed by atoms with Crippen molar-refractivity contribution in [2.75, 3.05) is 19.1 Å². The highest BCUT2D eigenvalue weighted by Gasteiger charge is 2.18. The van der Waals surface area contributed by atoms with Crippen molar-refractivity contribution >= 4 is 28.1 Å². The lowest BCUT2D eigenvalue weighted by molar-refractivity contribution is 0.414. The Morgan fingerprint density at radius 3 is 2.05 bits per heavy atom. The molecule has 0 spiro atoms. The van der Waals surface area contributed by atoms with Crippen molar-refractivity contribution < 1.29 is 14.3 Å². The van der Waals surface area contributed by atoms with Gasteiger partial charge in [0.2, 0.25) is 0 Å². The van der Waals surface area contributed by atoms with Gasteiger partial charge in [0.1, 0.15) is 23.3 Å². The number of hydrogen-bond donors (Lipinski definition) is 0. The van der Waals surface area contributed by atoms with Gasteiger partial charge in [0.15, 0.2) is 0 Å². The van der Waals surface area contributed by atoms with E-state index in [1.165, 1.54) is 0 Å². The van der Waals surface area contributed by atoms with E-state index in [9.17, 15) is 4.79 Å². The maximum atomic E-state index is 11.4. The predicted octanol–water partition coefficient (Wildman–Crippen LogP) is 6.78. The maximum Gasteiger partial charge on any atom is 0.130 e. The molecule has 0 saturated carbocycles. The number of hydrogen-bond acceptors (Lipinski definition) is 5. The van der Waals surface area contributed by atoms with Crippen LogP contribution in [0.1, 0.15) is 36.1 Å². The molecule has 186 valence electrons. The quantitative estimate of drug-likeness (QED) is 0.255. The van der Waals surface area contributed by atoms with Crippen LogP contribution in [0.4, 0.5) is 5.82 Å². The zero-order valence-corrected chi connectivity index (χ0v) is 21.2. The number of methoxy groups -OCH3 is 2. The van der Waals surface area contributed by atoms with Gasteiger partial charge in [-0.25, -0.2) is 9.78 Å². The predicted molar refractivity (Wildman–Crippen MR) is 149 cm³/mol. The number of aromatic nitrogens is 1. The first kappa shape index (κ1) is 24.4. The molecule has 0 saturated heterocycles. The standard InChI is InChI=1S/C32H30N2O3/c1-36-28-14-10-23(11-15-28)20-34(21-24-12-16-29(37-2)17-13-24)31-19-26-7-3-4-9-30(26)32(33-31)27-8-5-6-25(18-27)22-35/h3-4,7,9-19H,5-6,8,20-21H2,1-2H3. The molecule has 0 amide bonds. The highest BCUT2D eigenvalue weighted by Crippen LogP contribution is 2.34. The number of nitrogens with zero attached hydrogens (tertiary/aromatic N) is 2. The van der Waals surface area contributed by atoms with Gasteiger partial charge in [-0.3, -0.25) is 0 Å². The topological polar surface area (TPSA) is 51.7 Å². The molecule has 5 rings (SSSR count). The minimum absolute atomic E-state index is 0.680. The van der Waals surface area contributed by atoms with Crippen LogP contribution in [0.15, 0.2) is 90.5 Å². The average molecular weight is 491 g/mol. The molecule has 4 aromatic rings. The Balaban J connectivity index is 1.59. The van der Waals surface area contributed by atoms with E-state index in [0.29, 0.717) is 18.7 Å². The summed E-state index contributed by atoms with van der Waals surface area (Å²) in [5, 5.41) is 2.22. The fraction of sp³-hybridized carbons (Fsp3) is 0.219. The molecular weight excluding hydrogens is 460 g/mol. The van der Waals surface area contributed by atoms with E-state index in [-0.39, 0.29) is 0 Å². The molecule has 5 heteroatoms. The van der Waals surface area contributed by atoms with Gasteiger partial charge >= 0.3 is 0 Å². The molecule has 0 atom stereocenters. The Morgan fingerprint density at radius 2 is 1.46 bits per heavy atom. The first-order valence-electron chi connectivity index (χ1n) is 12.5. The molecule has 0 N–H and O–H groups in total. The van der Waals surface area contributed by atoms with E-state index < -0.39 is 0 Å². The summed E-state index contributed by atoms with van der Waals surface area (Å²) >= 11 is 0. The lowest BCUT2D eigenvalue weighted by Gasteiger charge is -2.26. The fourth-order valence-corrected chi connectivity index (χ4v) is 4.80. The second kappa shape index (κ2) is 11.2. The maximum absolute atomic E-state index is 11.4. The molecule has 0 unspecified atom stereocenters. The summed E-state index contributed by atoms with van der Waals surface area (Å²) in [6.45, 7) is 1.36. The second-order valence-electron chi connectivity index (χ2n) is 9.25. The van der Waals surface area contributed by atoms with Gasteiger partial charge in [-0.2, -0.15) is 0 Å². The number of benzene rings is 3. The number of ether oxygens (including phenoxy) is 2.